The Labute approximate surface area is 130 Å². The first-order valence-corrected chi connectivity index (χ1v) is 7.35. The number of aliphatic hydroxyl groups is 2. The smallest absolute Gasteiger partial charge is 0.232 e. The number of benzene rings is 1. The van der Waals surface area contributed by atoms with Gasteiger partial charge in [0.05, 0.1) is 19.1 Å². The molecule has 5 nitrogen and oxygen atoms in total. The van der Waals surface area contributed by atoms with Crippen molar-refractivity contribution in [2.75, 3.05) is 26.8 Å². The van der Waals surface area contributed by atoms with Gasteiger partial charge in [0.2, 0.25) is 5.91 Å². The Kier molecular flexibility index (Phi) is 4.88. The molecule has 2 aromatic rings. The molecule has 120 valence electrons. The Morgan fingerprint density at radius 2 is 1.95 bits per heavy atom. The highest BCUT2D eigenvalue weighted by atomic mass is 16.3. The third-order valence-electron chi connectivity index (χ3n) is 4.00. The molecule has 1 aromatic heterocycles. The van der Waals surface area contributed by atoms with Gasteiger partial charge in [-0.05, 0) is 19.1 Å². The second kappa shape index (κ2) is 6.50. The number of carbonyl (C=O) groups is 1. The zero-order valence-electron chi connectivity index (χ0n) is 13.2. The molecule has 0 aliphatic heterocycles. The molecule has 0 saturated heterocycles. The maximum atomic E-state index is 12.5. The van der Waals surface area contributed by atoms with Gasteiger partial charge in [0.1, 0.15) is 11.3 Å². The van der Waals surface area contributed by atoms with Gasteiger partial charge in [-0.1, -0.05) is 25.1 Å². The van der Waals surface area contributed by atoms with Crippen LogP contribution in [0.4, 0.5) is 0 Å². The molecule has 1 unspecified atom stereocenters. The molecule has 0 radical (unpaired) electrons. The zero-order valence-corrected chi connectivity index (χ0v) is 13.2. The van der Waals surface area contributed by atoms with Crippen LogP contribution in [-0.2, 0) is 4.79 Å². The molecule has 1 atom stereocenters. The zero-order chi connectivity index (χ0) is 16.3. The minimum absolute atomic E-state index is 0.104. The topological polar surface area (TPSA) is 73.9 Å². The van der Waals surface area contributed by atoms with E-state index in [9.17, 15) is 15.0 Å². The van der Waals surface area contributed by atoms with Crippen LogP contribution in [-0.4, -0.2) is 47.8 Å². The van der Waals surface area contributed by atoms with E-state index in [1.54, 1.807) is 20.9 Å². The minimum Gasteiger partial charge on any atom is -0.460 e. The SMILES string of the molecule is CC(C(=O)N(C)CC(C)(CO)CO)c1cc2ccccc2o1. The normalized spacial score (nSPS) is 13.3. The first-order chi connectivity index (χ1) is 10.4. The molecular weight excluding hydrogens is 282 g/mol. The van der Waals surface area contributed by atoms with E-state index in [-0.39, 0.29) is 25.7 Å². The third-order valence-corrected chi connectivity index (χ3v) is 4.00. The lowest BCUT2D eigenvalue weighted by Gasteiger charge is -2.31. The van der Waals surface area contributed by atoms with Crippen molar-refractivity contribution in [3.05, 3.63) is 36.1 Å². The van der Waals surface area contributed by atoms with Gasteiger partial charge < -0.3 is 19.5 Å². The summed E-state index contributed by atoms with van der Waals surface area (Å²) >= 11 is 0. The van der Waals surface area contributed by atoms with Crippen LogP contribution >= 0.6 is 0 Å². The number of rotatable bonds is 6. The number of fused-ring (bicyclic) bond motifs is 1. The van der Waals surface area contributed by atoms with Crippen LogP contribution < -0.4 is 0 Å². The molecule has 1 heterocycles. The predicted molar refractivity (Wildman–Crippen MR) is 84.5 cm³/mol. The van der Waals surface area contributed by atoms with Crippen molar-refractivity contribution in [2.45, 2.75) is 19.8 Å². The minimum atomic E-state index is -0.710. The maximum absolute atomic E-state index is 12.5. The second-order valence-corrected chi connectivity index (χ2v) is 6.23. The summed E-state index contributed by atoms with van der Waals surface area (Å²) in [6.45, 7) is 3.46. The second-order valence-electron chi connectivity index (χ2n) is 6.23. The molecule has 5 heteroatoms. The van der Waals surface area contributed by atoms with Crippen LogP contribution in [0, 0.1) is 5.41 Å². The van der Waals surface area contributed by atoms with E-state index in [1.807, 2.05) is 30.3 Å². The van der Waals surface area contributed by atoms with Crippen LogP contribution in [0.25, 0.3) is 11.0 Å². The molecule has 0 spiro atoms. The summed E-state index contributed by atoms with van der Waals surface area (Å²) in [6.07, 6.45) is 0. The molecule has 2 rings (SSSR count). The van der Waals surface area contributed by atoms with Gasteiger partial charge in [-0.25, -0.2) is 0 Å². The Balaban J connectivity index is 2.14. The largest absolute Gasteiger partial charge is 0.460 e. The van der Waals surface area contributed by atoms with Gasteiger partial charge in [0, 0.05) is 24.4 Å². The van der Waals surface area contributed by atoms with E-state index in [2.05, 4.69) is 0 Å². The quantitative estimate of drug-likeness (QED) is 0.856. The van der Waals surface area contributed by atoms with Crippen molar-refractivity contribution in [1.29, 1.82) is 0 Å². The summed E-state index contributed by atoms with van der Waals surface area (Å²) in [5.74, 6) is 0.0963. The summed E-state index contributed by atoms with van der Waals surface area (Å²) in [4.78, 5) is 14.1. The highest BCUT2D eigenvalue weighted by Crippen LogP contribution is 2.27. The fourth-order valence-corrected chi connectivity index (χ4v) is 2.47. The Hall–Kier alpha value is -1.85. The molecule has 1 amide bonds. The van der Waals surface area contributed by atoms with Gasteiger partial charge in [-0.3, -0.25) is 4.79 Å². The van der Waals surface area contributed by atoms with Crippen molar-refractivity contribution >= 4 is 16.9 Å². The molecular formula is C17H23NO4. The summed E-state index contributed by atoms with van der Waals surface area (Å²) < 4.78 is 5.74. The summed E-state index contributed by atoms with van der Waals surface area (Å²) in [7, 11) is 1.67. The third kappa shape index (κ3) is 3.31. The molecule has 0 saturated carbocycles. The maximum Gasteiger partial charge on any atom is 0.232 e. The highest BCUT2D eigenvalue weighted by Gasteiger charge is 2.29. The van der Waals surface area contributed by atoms with Crippen LogP contribution in [0.2, 0.25) is 0 Å². The number of furan rings is 1. The Morgan fingerprint density at radius 3 is 2.55 bits per heavy atom. The fourth-order valence-electron chi connectivity index (χ4n) is 2.47. The monoisotopic (exact) mass is 305 g/mol. The molecule has 0 aliphatic rings. The molecule has 0 bridgehead atoms. The molecule has 2 N–H and O–H groups in total. The van der Waals surface area contributed by atoms with E-state index in [1.165, 1.54) is 4.90 Å². The van der Waals surface area contributed by atoms with Crippen molar-refractivity contribution in [1.82, 2.24) is 4.90 Å². The van der Waals surface area contributed by atoms with Gasteiger partial charge in [0.25, 0.3) is 0 Å². The van der Waals surface area contributed by atoms with Gasteiger partial charge in [0.15, 0.2) is 0 Å². The average molecular weight is 305 g/mol. The summed E-state index contributed by atoms with van der Waals surface area (Å²) in [5.41, 5.74) is 0.0493. The number of nitrogens with zero attached hydrogens (tertiary/aromatic N) is 1. The van der Waals surface area contributed by atoms with Gasteiger partial charge in [-0.2, -0.15) is 0 Å². The number of carbonyl (C=O) groups excluding carboxylic acids is 1. The number of para-hydroxylation sites is 1. The first-order valence-electron chi connectivity index (χ1n) is 7.35. The molecule has 0 aliphatic carbocycles. The van der Waals surface area contributed by atoms with Crippen LogP contribution in [0.5, 0.6) is 0 Å². The molecule has 22 heavy (non-hydrogen) atoms. The van der Waals surface area contributed by atoms with Crippen molar-refractivity contribution in [2.24, 2.45) is 5.41 Å². The standard InChI is InChI=1S/C17H23NO4/c1-12(15-8-13-6-4-5-7-14(13)22-15)16(21)18(3)9-17(2,10-19)11-20/h4-8,12,19-20H,9-11H2,1-3H3. The van der Waals surface area contributed by atoms with E-state index in [0.717, 1.165) is 11.0 Å². The summed E-state index contributed by atoms with van der Waals surface area (Å²) in [5, 5.41) is 19.7. The van der Waals surface area contributed by atoms with Crippen molar-refractivity contribution in [3.63, 3.8) is 0 Å². The van der Waals surface area contributed by atoms with Gasteiger partial charge in [-0.15, -0.1) is 0 Å². The lowest BCUT2D eigenvalue weighted by molar-refractivity contribution is -0.133. The van der Waals surface area contributed by atoms with Crippen molar-refractivity contribution < 1.29 is 19.4 Å². The van der Waals surface area contributed by atoms with Crippen LogP contribution in [0.1, 0.15) is 25.5 Å². The number of hydrogen-bond donors (Lipinski definition) is 2. The van der Waals surface area contributed by atoms with E-state index in [4.69, 9.17) is 4.42 Å². The number of likely N-dealkylation sites (N-methyl/N-ethyl adjacent to an activating group) is 1. The summed E-state index contributed by atoms with van der Waals surface area (Å²) in [6, 6.07) is 9.51. The van der Waals surface area contributed by atoms with E-state index >= 15 is 0 Å². The van der Waals surface area contributed by atoms with Crippen molar-refractivity contribution in [3.8, 4) is 0 Å². The Bertz CT molecular complexity index is 612. The van der Waals surface area contributed by atoms with E-state index < -0.39 is 11.3 Å². The molecule has 0 fully saturated rings. The van der Waals surface area contributed by atoms with E-state index in [0.29, 0.717) is 5.76 Å². The number of aliphatic hydroxyl groups excluding tert-OH is 2. The average Bonchev–Trinajstić information content (AvgIpc) is 2.97. The lowest BCUT2D eigenvalue weighted by Crippen LogP contribution is -2.42. The van der Waals surface area contributed by atoms with Crippen LogP contribution in [0.3, 0.4) is 0 Å². The number of amides is 1. The number of hydrogen-bond acceptors (Lipinski definition) is 4. The molecule has 1 aromatic carbocycles. The first kappa shape index (κ1) is 16.5. The van der Waals surface area contributed by atoms with Gasteiger partial charge >= 0.3 is 0 Å². The Morgan fingerprint density at radius 1 is 1.32 bits per heavy atom. The fraction of sp³-hybridized carbons (Fsp3) is 0.471. The van der Waals surface area contributed by atoms with Crippen LogP contribution in [0.15, 0.2) is 34.7 Å². The lowest BCUT2D eigenvalue weighted by atomic mass is 9.92. The predicted octanol–water partition coefficient (Wildman–Crippen LogP) is 1.99. The highest BCUT2D eigenvalue weighted by molar-refractivity contribution is 5.85.